The van der Waals surface area contributed by atoms with E-state index in [0.717, 1.165) is 11.1 Å². The van der Waals surface area contributed by atoms with Crippen molar-refractivity contribution in [2.75, 3.05) is 14.2 Å². The van der Waals surface area contributed by atoms with Crippen LogP contribution < -0.4 is 9.47 Å². The highest BCUT2D eigenvalue weighted by Crippen LogP contribution is 2.34. The molecule has 0 saturated carbocycles. The fraction of sp³-hybridized carbons (Fsp3) is 0.130. The average Bonchev–Trinajstić information content (AvgIpc) is 3.52. The zero-order valence-corrected chi connectivity index (χ0v) is 17.6. The van der Waals surface area contributed by atoms with Crippen LogP contribution in [0.4, 0.5) is 0 Å². The van der Waals surface area contributed by atoms with Crippen molar-refractivity contribution >= 4 is 17.1 Å². The van der Waals surface area contributed by atoms with Crippen molar-refractivity contribution in [3.63, 3.8) is 0 Å². The first-order valence-corrected chi connectivity index (χ1v) is 10.1. The van der Waals surface area contributed by atoms with E-state index in [4.69, 9.17) is 14.0 Å². The third-order valence-corrected chi connectivity index (χ3v) is 5.65. The first kappa shape index (κ1) is 20.3. The molecule has 154 valence electrons. The topological polar surface area (TPSA) is 98.2 Å². The summed E-state index contributed by atoms with van der Waals surface area (Å²) in [6.45, 7) is 0. The van der Waals surface area contributed by atoms with Crippen molar-refractivity contribution in [2.24, 2.45) is 0 Å². The Bertz CT molecular complexity index is 1240. The number of Topliss-reactive ketones (excluding diaryl/α,β-unsaturated/α-hetero) is 1. The second kappa shape index (κ2) is 8.81. The lowest BCUT2D eigenvalue weighted by Crippen LogP contribution is -2.11. The molecule has 2 heterocycles. The van der Waals surface area contributed by atoms with Crippen LogP contribution in [0.1, 0.15) is 21.3 Å². The number of hydrogen-bond donors (Lipinski definition) is 0. The number of carbonyl (C=O) groups is 1. The van der Waals surface area contributed by atoms with Gasteiger partial charge in [-0.25, -0.2) is 4.98 Å². The van der Waals surface area contributed by atoms with Crippen LogP contribution in [-0.2, 0) is 0 Å². The Morgan fingerprint density at radius 2 is 1.77 bits per heavy atom. The van der Waals surface area contributed by atoms with Gasteiger partial charge in [-0.3, -0.25) is 4.79 Å². The van der Waals surface area contributed by atoms with E-state index in [0.29, 0.717) is 33.5 Å². The lowest BCUT2D eigenvalue weighted by Gasteiger charge is -2.08. The van der Waals surface area contributed by atoms with Crippen LogP contribution in [0.25, 0.3) is 22.5 Å². The first-order chi connectivity index (χ1) is 15.1. The molecule has 2 aromatic carbocycles. The number of methoxy groups -OCH3 is 2. The Balaban J connectivity index is 1.58. The molecular weight excluding hydrogens is 414 g/mol. The third-order valence-electron chi connectivity index (χ3n) is 4.74. The first-order valence-electron chi connectivity index (χ1n) is 9.27. The van der Waals surface area contributed by atoms with Gasteiger partial charge < -0.3 is 14.0 Å². The molecule has 0 aliphatic heterocycles. The summed E-state index contributed by atoms with van der Waals surface area (Å²) in [6.07, 6.45) is 1.48. The molecule has 0 amide bonds. The molecule has 2 aromatic heterocycles. The van der Waals surface area contributed by atoms with Gasteiger partial charge in [-0.1, -0.05) is 29.4 Å². The molecule has 0 spiro atoms. The molecule has 4 aromatic rings. The predicted molar refractivity (Wildman–Crippen MR) is 115 cm³/mol. The number of nitriles is 1. The summed E-state index contributed by atoms with van der Waals surface area (Å²) in [5.74, 6) is -0.102. The van der Waals surface area contributed by atoms with Crippen LogP contribution in [0.2, 0.25) is 0 Å². The van der Waals surface area contributed by atoms with Crippen molar-refractivity contribution in [2.45, 2.75) is 5.92 Å². The fourth-order valence-electron chi connectivity index (χ4n) is 3.11. The Morgan fingerprint density at radius 3 is 2.42 bits per heavy atom. The van der Waals surface area contributed by atoms with E-state index in [1.165, 1.54) is 17.6 Å². The predicted octanol–water partition coefficient (Wildman–Crippen LogP) is 4.97. The van der Waals surface area contributed by atoms with Gasteiger partial charge in [0.25, 0.3) is 0 Å². The number of carbonyl (C=O) groups excluding carboxylic acids is 1. The number of aromatic nitrogens is 2. The van der Waals surface area contributed by atoms with Crippen LogP contribution in [0.3, 0.4) is 0 Å². The molecule has 31 heavy (non-hydrogen) atoms. The lowest BCUT2D eigenvalue weighted by molar-refractivity contribution is 0.0979. The number of thiazole rings is 1. The molecule has 7 nitrogen and oxygen atoms in total. The number of ether oxygens (including phenoxy) is 2. The maximum atomic E-state index is 13.0. The van der Waals surface area contributed by atoms with Gasteiger partial charge in [0.15, 0.2) is 23.2 Å². The Hall–Kier alpha value is -3.96. The highest BCUT2D eigenvalue weighted by Gasteiger charge is 2.25. The fourth-order valence-corrected chi connectivity index (χ4v) is 3.98. The number of hydrogen-bond acceptors (Lipinski definition) is 8. The zero-order chi connectivity index (χ0) is 21.8. The molecule has 0 radical (unpaired) electrons. The van der Waals surface area contributed by atoms with Gasteiger partial charge in [0.2, 0.25) is 0 Å². The van der Waals surface area contributed by atoms with E-state index in [9.17, 15) is 10.1 Å². The van der Waals surface area contributed by atoms with Gasteiger partial charge in [0.05, 0.1) is 26.0 Å². The molecule has 4 rings (SSSR count). The number of rotatable bonds is 7. The average molecular weight is 431 g/mol. The van der Waals surface area contributed by atoms with E-state index in [-0.39, 0.29) is 5.78 Å². The molecule has 0 bridgehead atoms. The minimum Gasteiger partial charge on any atom is -0.493 e. The Morgan fingerprint density at radius 1 is 1.03 bits per heavy atom. The largest absolute Gasteiger partial charge is 0.493 e. The summed E-state index contributed by atoms with van der Waals surface area (Å²) in [5, 5.41) is 15.8. The number of nitrogens with zero attached hydrogens (tertiary/aromatic N) is 3. The maximum Gasteiger partial charge on any atom is 0.186 e. The second-order valence-electron chi connectivity index (χ2n) is 6.53. The van der Waals surface area contributed by atoms with Gasteiger partial charge >= 0.3 is 0 Å². The van der Waals surface area contributed by atoms with Gasteiger partial charge in [-0.05, 0) is 18.2 Å². The van der Waals surface area contributed by atoms with E-state index in [2.05, 4.69) is 16.2 Å². The maximum absolute atomic E-state index is 13.0. The molecule has 0 saturated heterocycles. The van der Waals surface area contributed by atoms with E-state index in [1.54, 1.807) is 50.6 Å². The molecule has 0 aliphatic carbocycles. The standard InChI is InChI=1S/C23H17N3O4S/c1-28-20-8-7-16(11-21(20)29-2)19-13-31-23(25-19)17(12-24)22(27)15-5-3-14(4-6-15)18-9-10-30-26-18/h3-11,13,17H,1-2H3. The van der Waals surface area contributed by atoms with Gasteiger partial charge in [0.1, 0.15) is 17.0 Å². The van der Waals surface area contributed by atoms with Gasteiger partial charge in [-0.15, -0.1) is 11.3 Å². The third kappa shape index (κ3) is 4.04. The quantitative estimate of drug-likeness (QED) is 0.381. The van der Waals surface area contributed by atoms with Crippen LogP contribution >= 0.6 is 11.3 Å². The van der Waals surface area contributed by atoms with Crippen molar-refractivity contribution in [3.8, 4) is 40.1 Å². The summed E-state index contributed by atoms with van der Waals surface area (Å²) in [5.41, 5.74) is 3.40. The van der Waals surface area contributed by atoms with E-state index in [1.807, 2.05) is 17.5 Å². The molecule has 1 unspecified atom stereocenters. The number of ketones is 1. The highest BCUT2D eigenvalue weighted by atomic mass is 32.1. The second-order valence-corrected chi connectivity index (χ2v) is 7.42. The summed E-state index contributed by atoms with van der Waals surface area (Å²) in [4.78, 5) is 17.5. The normalized spacial score (nSPS) is 11.5. The Labute approximate surface area is 182 Å². The monoisotopic (exact) mass is 431 g/mol. The van der Waals surface area contributed by atoms with Crippen molar-refractivity contribution in [3.05, 3.63) is 70.7 Å². The summed E-state index contributed by atoms with van der Waals surface area (Å²) in [6, 6.07) is 16.2. The van der Waals surface area contributed by atoms with Gasteiger partial charge in [0, 0.05) is 28.1 Å². The molecule has 0 fully saturated rings. The smallest absolute Gasteiger partial charge is 0.186 e. The minimum absolute atomic E-state index is 0.303. The molecule has 8 heteroatoms. The summed E-state index contributed by atoms with van der Waals surface area (Å²) < 4.78 is 15.4. The molecular formula is C23H17N3O4S. The van der Waals surface area contributed by atoms with Crippen LogP contribution in [0.5, 0.6) is 11.5 Å². The lowest BCUT2D eigenvalue weighted by atomic mass is 9.98. The molecule has 0 aliphatic rings. The van der Waals surface area contributed by atoms with Gasteiger partial charge in [-0.2, -0.15) is 5.26 Å². The summed E-state index contributed by atoms with van der Waals surface area (Å²) in [7, 11) is 3.13. The van der Waals surface area contributed by atoms with E-state index < -0.39 is 5.92 Å². The van der Waals surface area contributed by atoms with Crippen molar-refractivity contribution in [1.82, 2.24) is 10.1 Å². The van der Waals surface area contributed by atoms with Crippen molar-refractivity contribution in [1.29, 1.82) is 5.26 Å². The van der Waals surface area contributed by atoms with Crippen LogP contribution in [0.15, 0.2) is 64.7 Å². The van der Waals surface area contributed by atoms with E-state index >= 15 is 0 Å². The van der Waals surface area contributed by atoms with Crippen LogP contribution in [-0.4, -0.2) is 30.1 Å². The highest BCUT2D eigenvalue weighted by molar-refractivity contribution is 7.10. The summed E-state index contributed by atoms with van der Waals surface area (Å²) >= 11 is 1.28. The Kier molecular flexibility index (Phi) is 5.78. The molecule has 0 N–H and O–H groups in total. The van der Waals surface area contributed by atoms with Crippen molar-refractivity contribution < 1.29 is 18.8 Å². The SMILES string of the molecule is COc1ccc(-c2csc(C(C#N)C(=O)c3ccc(-c4ccon4)cc3)n2)cc1OC. The minimum atomic E-state index is -0.989. The number of benzene rings is 2. The van der Waals surface area contributed by atoms with Crippen LogP contribution in [0, 0.1) is 11.3 Å². The molecule has 1 atom stereocenters. The zero-order valence-electron chi connectivity index (χ0n) is 16.7.